The summed E-state index contributed by atoms with van der Waals surface area (Å²) in [5.41, 5.74) is 0.308. The van der Waals surface area contributed by atoms with Gasteiger partial charge in [0.1, 0.15) is 0 Å². The van der Waals surface area contributed by atoms with Crippen LogP contribution in [0.15, 0.2) is 23.6 Å². The average molecular weight is 409 g/mol. The highest BCUT2D eigenvalue weighted by Crippen LogP contribution is 2.24. The summed E-state index contributed by atoms with van der Waals surface area (Å²) in [4.78, 5) is 26.3. The summed E-state index contributed by atoms with van der Waals surface area (Å²) in [6.07, 6.45) is 0. The van der Waals surface area contributed by atoms with Crippen molar-refractivity contribution in [2.45, 2.75) is 0 Å². The molecule has 0 unspecified atom stereocenters. The van der Waals surface area contributed by atoms with Gasteiger partial charge in [0.15, 0.2) is 10.7 Å². The first-order valence-electron chi connectivity index (χ1n) is 4.92. The van der Waals surface area contributed by atoms with E-state index in [-0.39, 0.29) is 10.7 Å². The summed E-state index contributed by atoms with van der Waals surface area (Å²) in [6.45, 7) is 0. The van der Waals surface area contributed by atoms with Crippen molar-refractivity contribution < 1.29 is 14.7 Å². The second-order valence-corrected chi connectivity index (χ2v) is 5.93. The molecule has 0 saturated carbocycles. The summed E-state index contributed by atoms with van der Waals surface area (Å²) >= 11 is 9.06. The highest BCUT2D eigenvalue weighted by Gasteiger charge is 2.15. The number of amides is 1. The monoisotopic (exact) mass is 408 g/mol. The minimum Gasteiger partial charge on any atom is -0.476 e. The van der Waals surface area contributed by atoms with Gasteiger partial charge < -0.3 is 10.4 Å². The Morgan fingerprint density at radius 2 is 2.16 bits per heavy atom. The molecule has 0 radical (unpaired) electrons. The number of carboxylic acid groups (broad SMARTS) is 1. The van der Waals surface area contributed by atoms with Crippen LogP contribution >= 0.6 is 45.5 Å². The highest BCUT2D eigenvalue weighted by molar-refractivity contribution is 14.1. The molecule has 0 atom stereocenters. The third-order valence-corrected chi connectivity index (χ3v) is 3.92. The summed E-state index contributed by atoms with van der Waals surface area (Å²) in [5, 5.41) is 13.1. The maximum Gasteiger partial charge on any atom is 0.355 e. The first-order valence-corrected chi connectivity index (χ1v) is 7.26. The average Bonchev–Trinajstić information content (AvgIpc) is 2.82. The van der Waals surface area contributed by atoms with E-state index in [4.69, 9.17) is 16.7 Å². The Balaban J connectivity index is 2.18. The van der Waals surface area contributed by atoms with Gasteiger partial charge in [0.2, 0.25) is 0 Å². The lowest BCUT2D eigenvalue weighted by Gasteiger charge is -2.05. The number of hydrogen-bond donors (Lipinski definition) is 2. The zero-order valence-corrected chi connectivity index (χ0v) is 12.9. The molecule has 98 valence electrons. The molecule has 0 spiro atoms. The number of carbonyl (C=O) groups excluding carboxylic acids is 1. The molecule has 0 saturated heterocycles. The molecule has 0 aliphatic rings. The molecule has 1 aromatic heterocycles. The lowest BCUT2D eigenvalue weighted by atomic mass is 10.3. The number of carbonyl (C=O) groups is 2. The first-order chi connectivity index (χ1) is 8.97. The molecular weight excluding hydrogens is 403 g/mol. The Morgan fingerprint density at radius 3 is 2.74 bits per heavy atom. The van der Waals surface area contributed by atoms with Gasteiger partial charge in [-0.3, -0.25) is 4.79 Å². The zero-order valence-electron chi connectivity index (χ0n) is 9.18. The van der Waals surface area contributed by atoms with E-state index < -0.39 is 11.9 Å². The van der Waals surface area contributed by atoms with Crippen molar-refractivity contribution in [3.05, 3.63) is 42.9 Å². The van der Waals surface area contributed by atoms with Crippen LogP contribution in [0.4, 0.5) is 5.69 Å². The normalized spacial score (nSPS) is 10.2. The van der Waals surface area contributed by atoms with Crippen LogP contribution in [0.5, 0.6) is 0 Å². The Bertz CT molecular complexity index is 659. The molecular formula is C11H6ClIN2O3S. The number of aromatic carboxylic acids is 1. The van der Waals surface area contributed by atoms with E-state index in [0.29, 0.717) is 10.7 Å². The standard InChI is InChI=1S/C11H6ClIN2O3S/c12-6-3-5(13)1-2-7(6)14-9(16)10-15-8(4-19-10)11(17)18/h1-4H,(H,14,16)(H,17,18). The van der Waals surface area contributed by atoms with Crippen molar-refractivity contribution in [2.75, 3.05) is 5.32 Å². The van der Waals surface area contributed by atoms with E-state index in [0.717, 1.165) is 14.9 Å². The van der Waals surface area contributed by atoms with Gasteiger partial charge in [-0.2, -0.15) is 0 Å². The van der Waals surface area contributed by atoms with Crippen LogP contribution < -0.4 is 5.32 Å². The number of thiazole rings is 1. The van der Waals surface area contributed by atoms with Crippen molar-refractivity contribution in [3.63, 3.8) is 0 Å². The number of anilines is 1. The number of benzene rings is 1. The van der Waals surface area contributed by atoms with Gasteiger partial charge in [-0.1, -0.05) is 11.6 Å². The lowest BCUT2D eigenvalue weighted by Crippen LogP contribution is -2.12. The Labute approximate surface area is 130 Å². The molecule has 0 fully saturated rings. The molecule has 0 aliphatic heterocycles. The lowest BCUT2D eigenvalue weighted by molar-refractivity contribution is 0.0691. The van der Waals surface area contributed by atoms with Gasteiger partial charge in [-0.05, 0) is 40.8 Å². The van der Waals surface area contributed by atoms with Gasteiger partial charge in [0.05, 0.1) is 10.7 Å². The van der Waals surface area contributed by atoms with E-state index in [1.807, 2.05) is 0 Å². The second-order valence-electron chi connectivity index (χ2n) is 3.42. The molecule has 1 amide bonds. The molecule has 0 aliphatic carbocycles. The predicted molar refractivity (Wildman–Crippen MR) is 81.2 cm³/mol. The molecule has 1 aromatic carbocycles. The van der Waals surface area contributed by atoms with Crippen molar-refractivity contribution >= 4 is 63.1 Å². The number of rotatable bonds is 3. The third kappa shape index (κ3) is 3.43. The Hall–Kier alpha value is -1.19. The van der Waals surface area contributed by atoms with Crippen LogP contribution in [0.3, 0.4) is 0 Å². The van der Waals surface area contributed by atoms with E-state index in [1.54, 1.807) is 18.2 Å². The Morgan fingerprint density at radius 1 is 1.42 bits per heavy atom. The minimum atomic E-state index is -1.16. The molecule has 8 heteroatoms. The fraction of sp³-hybridized carbons (Fsp3) is 0. The van der Waals surface area contributed by atoms with E-state index in [1.165, 1.54) is 5.38 Å². The number of carboxylic acids is 1. The highest BCUT2D eigenvalue weighted by atomic mass is 127. The minimum absolute atomic E-state index is 0.0759. The van der Waals surface area contributed by atoms with Crippen LogP contribution in [0.25, 0.3) is 0 Å². The third-order valence-electron chi connectivity index (χ3n) is 2.10. The molecule has 0 bridgehead atoms. The SMILES string of the molecule is O=C(O)c1csc(C(=O)Nc2ccc(I)cc2Cl)n1. The van der Waals surface area contributed by atoms with E-state index in [2.05, 4.69) is 32.9 Å². The summed E-state index contributed by atoms with van der Waals surface area (Å²) in [7, 11) is 0. The summed E-state index contributed by atoms with van der Waals surface area (Å²) in [6, 6.07) is 5.18. The van der Waals surface area contributed by atoms with Crippen molar-refractivity contribution in [1.82, 2.24) is 4.98 Å². The number of hydrogen-bond acceptors (Lipinski definition) is 4. The van der Waals surface area contributed by atoms with E-state index >= 15 is 0 Å². The molecule has 2 aromatic rings. The predicted octanol–water partition coefficient (Wildman–Crippen LogP) is 3.35. The topological polar surface area (TPSA) is 79.3 Å². The Kier molecular flexibility index (Phi) is 4.38. The van der Waals surface area contributed by atoms with Crippen LogP contribution in [0.1, 0.15) is 20.3 Å². The summed E-state index contributed by atoms with van der Waals surface area (Å²) in [5.74, 6) is -1.65. The second kappa shape index (κ2) is 5.85. The van der Waals surface area contributed by atoms with Gasteiger partial charge >= 0.3 is 5.97 Å². The maximum absolute atomic E-state index is 11.9. The van der Waals surface area contributed by atoms with Crippen molar-refractivity contribution in [1.29, 1.82) is 0 Å². The van der Waals surface area contributed by atoms with Crippen LogP contribution in [-0.4, -0.2) is 22.0 Å². The summed E-state index contributed by atoms with van der Waals surface area (Å²) < 4.78 is 0.947. The van der Waals surface area contributed by atoms with Gasteiger partial charge in [0.25, 0.3) is 5.91 Å². The fourth-order valence-electron chi connectivity index (χ4n) is 1.24. The quantitative estimate of drug-likeness (QED) is 0.764. The number of nitrogens with one attached hydrogen (secondary N) is 1. The fourth-order valence-corrected chi connectivity index (χ4v) is 2.83. The number of halogens is 2. The smallest absolute Gasteiger partial charge is 0.355 e. The van der Waals surface area contributed by atoms with Crippen molar-refractivity contribution in [3.8, 4) is 0 Å². The molecule has 1 heterocycles. The van der Waals surface area contributed by atoms with Crippen LogP contribution in [0.2, 0.25) is 5.02 Å². The maximum atomic E-state index is 11.9. The van der Waals surface area contributed by atoms with E-state index in [9.17, 15) is 9.59 Å². The zero-order chi connectivity index (χ0) is 14.0. The number of nitrogens with zero attached hydrogens (tertiary/aromatic N) is 1. The molecule has 2 rings (SSSR count). The largest absolute Gasteiger partial charge is 0.476 e. The van der Waals surface area contributed by atoms with Crippen molar-refractivity contribution in [2.24, 2.45) is 0 Å². The molecule has 19 heavy (non-hydrogen) atoms. The molecule has 5 nitrogen and oxygen atoms in total. The number of aromatic nitrogens is 1. The van der Waals surface area contributed by atoms with Gasteiger partial charge in [0, 0.05) is 8.95 Å². The molecule has 2 N–H and O–H groups in total. The van der Waals surface area contributed by atoms with Gasteiger partial charge in [-0.15, -0.1) is 11.3 Å². The van der Waals surface area contributed by atoms with Gasteiger partial charge in [-0.25, -0.2) is 9.78 Å². The van der Waals surface area contributed by atoms with Crippen LogP contribution in [-0.2, 0) is 0 Å². The first kappa shape index (κ1) is 14.2. The van der Waals surface area contributed by atoms with Crippen LogP contribution in [0, 0.1) is 3.57 Å².